The van der Waals surface area contributed by atoms with Crippen LogP contribution in [0, 0.1) is 6.67 Å². The molecule has 0 spiro atoms. The first-order chi connectivity index (χ1) is 16.7. The number of benzene rings is 3. The summed E-state index contributed by atoms with van der Waals surface area (Å²) in [5.41, 5.74) is 2.73. The number of nitrogens with zero attached hydrogens (tertiary/aromatic N) is 3. The van der Waals surface area contributed by atoms with E-state index in [-0.39, 0.29) is 11.1 Å². The highest BCUT2D eigenvalue weighted by Gasteiger charge is 2.55. The van der Waals surface area contributed by atoms with Crippen LogP contribution in [-0.4, -0.2) is 25.1 Å². The molecule has 0 bridgehead atoms. The number of fused-ring (bicyclic) bond motifs is 1. The predicted molar refractivity (Wildman–Crippen MR) is 146 cm³/mol. The van der Waals surface area contributed by atoms with Gasteiger partial charge in [-0.05, 0) is 47.8 Å². The van der Waals surface area contributed by atoms with E-state index >= 15 is 0 Å². The molecule has 0 unspecified atom stereocenters. The molecule has 0 N–H and O–H groups in total. The second-order valence-electron chi connectivity index (χ2n) is 11.0. The van der Waals surface area contributed by atoms with Crippen molar-refractivity contribution in [1.29, 1.82) is 0 Å². The molecule has 35 heavy (non-hydrogen) atoms. The van der Waals surface area contributed by atoms with Crippen molar-refractivity contribution < 1.29 is 4.43 Å². The van der Waals surface area contributed by atoms with Crippen molar-refractivity contribution in [2.45, 2.75) is 63.4 Å². The van der Waals surface area contributed by atoms with Crippen LogP contribution in [0.1, 0.15) is 44.7 Å². The van der Waals surface area contributed by atoms with E-state index in [1.165, 1.54) is 11.1 Å². The average molecular weight is 482 g/mol. The molecule has 0 aliphatic carbocycles. The fraction of sp³-hybridized carbons (Fsp3) is 0.333. The largest absolute Gasteiger partial charge is 0.401 e. The van der Waals surface area contributed by atoms with Gasteiger partial charge in [-0.1, -0.05) is 99.6 Å². The molecule has 5 heteroatoms. The minimum absolute atomic E-state index is 0.0360. The van der Waals surface area contributed by atoms with Gasteiger partial charge < -0.3 is 9.33 Å². The highest BCUT2D eigenvalue weighted by Crippen LogP contribution is 2.51. The number of amidine groups is 1. The van der Waals surface area contributed by atoms with Gasteiger partial charge in [0.15, 0.2) is 8.32 Å². The highest BCUT2D eigenvalue weighted by atomic mass is 28.4. The monoisotopic (exact) mass is 481 g/mol. The van der Waals surface area contributed by atoms with E-state index in [0.717, 1.165) is 24.4 Å². The molecule has 0 aromatic heterocycles. The molecule has 2 aliphatic rings. The Kier molecular flexibility index (Phi) is 6.10. The molecule has 0 saturated carbocycles. The van der Waals surface area contributed by atoms with Gasteiger partial charge in [-0.25, -0.2) is 5.01 Å². The molecule has 5 rings (SSSR count). The third-order valence-corrected chi connectivity index (χ3v) is 12.2. The van der Waals surface area contributed by atoms with Crippen molar-refractivity contribution in [2.75, 3.05) is 5.01 Å². The molecule has 180 valence electrons. The maximum absolute atomic E-state index is 7.58. The second kappa shape index (κ2) is 8.96. The molecule has 0 amide bonds. The van der Waals surface area contributed by atoms with Crippen LogP contribution in [0.25, 0.3) is 0 Å². The molecule has 2 radical (unpaired) electrons. The Morgan fingerprint density at radius 3 is 1.86 bits per heavy atom. The first kappa shape index (κ1) is 23.8. The lowest BCUT2D eigenvalue weighted by atomic mass is 9.79. The van der Waals surface area contributed by atoms with Crippen LogP contribution in [0.5, 0.6) is 0 Å². The van der Waals surface area contributed by atoms with Crippen molar-refractivity contribution in [2.24, 2.45) is 5.10 Å². The van der Waals surface area contributed by atoms with Gasteiger partial charge in [0.2, 0.25) is 6.67 Å². The van der Waals surface area contributed by atoms with Crippen molar-refractivity contribution in [3.05, 3.63) is 109 Å². The standard InChI is InChI=1S/C30H35N3OSi/c1-29(2,3)35(4,5)34-30(24-15-9-6-10-16-24,25-17-11-7-12-18-25)27-21-22-28-31-33(23-32(27)28)26-19-13-8-14-20-26/h6-20,27H,21-22H2,1-5H3/t27-/m0/s1. The van der Waals surface area contributed by atoms with Crippen LogP contribution in [0.2, 0.25) is 18.1 Å². The van der Waals surface area contributed by atoms with E-state index < -0.39 is 13.9 Å². The minimum atomic E-state index is -2.21. The Morgan fingerprint density at radius 2 is 1.34 bits per heavy atom. The SMILES string of the molecule is CC(C)(C)[Si](C)(C)OC(c1ccccc1)(c1ccccc1)[C@@H]1CCC2=NN(c3ccccc3)[C]N21. The minimum Gasteiger partial charge on any atom is -0.401 e. The predicted octanol–water partition coefficient (Wildman–Crippen LogP) is 7.25. The molecule has 4 nitrogen and oxygen atoms in total. The summed E-state index contributed by atoms with van der Waals surface area (Å²) in [5, 5.41) is 6.88. The van der Waals surface area contributed by atoms with Gasteiger partial charge in [-0.2, -0.15) is 5.10 Å². The lowest BCUT2D eigenvalue weighted by Crippen LogP contribution is -2.57. The van der Waals surface area contributed by atoms with Crippen LogP contribution in [0.3, 0.4) is 0 Å². The van der Waals surface area contributed by atoms with Gasteiger partial charge in [0.05, 0.1) is 11.7 Å². The number of hydrazone groups is 1. The third-order valence-electron chi connectivity index (χ3n) is 7.75. The molecule has 3 aromatic rings. The topological polar surface area (TPSA) is 28.1 Å². The van der Waals surface area contributed by atoms with E-state index in [4.69, 9.17) is 9.53 Å². The summed E-state index contributed by atoms with van der Waals surface area (Å²) in [4.78, 5) is 2.25. The van der Waals surface area contributed by atoms with Crippen molar-refractivity contribution in [1.82, 2.24) is 4.90 Å². The van der Waals surface area contributed by atoms with Crippen LogP contribution in [-0.2, 0) is 10.0 Å². The molecular weight excluding hydrogens is 446 g/mol. The summed E-state index contributed by atoms with van der Waals surface area (Å²) in [7, 11) is -2.21. The normalized spacial score (nSPS) is 18.5. The zero-order valence-corrected chi connectivity index (χ0v) is 22.4. The molecule has 1 atom stereocenters. The van der Waals surface area contributed by atoms with Gasteiger partial charge in [0.25, 0.3) is 0 Å². The van der Waals surface area contributed by atoms with Crippen LogP contribution in [0.15, 0.2) is 96.1 Å². The van der Waals surface area contributed by atoms with Crippen molar-refractivity contribution in [3.63, 3.8) is 0 Å². The van der Waals surface area contributed by atoms with Gasteiger partial charge >= 0.3 is 0 Å². The number of anilines is 1. The summed E-state index contributed by atoms with van der Waals surface area (Å²) in [5.74, 6) is 1.05. The summed E-state index contributed by atoms with van der Waals surface area (Å²) in [6.07, 6.45) is 1.84. The summed E-state index contributed by atoms with van der Waals surface area (Å²) in [6.45, 7) is 15.2. The number of rotatable bonds is 6. The van der Waals surface area contributed by atoms with Gasteiger partial charge in [-0.15, -0.1) is 0 Å². The Morgan fingerprint density at radius 1 is 0.829 bits per heavy atom. The third kappa shape index (κ3) is 4.21. The lowest BCUT2D eigenvalue weighted by molar-refractivity contribution is 0.0286. The zero-order valence-electron chi connectivity index (χ0n) is 21.4. The van der Waals surface area contributed by atoms with E-state index in [0.29, 0.717) is 0 Å². The van der Waals surface area contributed by atoms with Gasteiger partial charge in [-0.3, -0.25) is 0 Å². The van der Waals surface area contributed by atoms with E-state index in [1.807, 2.05) is 23.2 Å². The van der Waals surface area contributed by atoms with Crippen molar-refractivity contribution in [3.8, 4) is 0 Å². The summed E-state index contributed by atoms with van der Waals surface area (Å²) in [6, 6.07) is 31.8. The number of para-hydroxylation sites is 1. The van der Waals surface area contributed by atoms with Crippen LogP contribution >= 0.6 is 0 Å². The highest BCUT2D eigenvalue weighted by molar-refractivity contribution is 6.74. The second-order valence-corrected chi connectivity index (χ2v) is 15.7. The Balaban J connectivity index is 1.65. The number of hydrogen-bond acceptors (Lipinski definition) is 4. The molecular formula is C30H35N3OSi. The first-order valence-corrected chi connectivity index (χ1v) is 15.4. The van der Waals surface area contributed by atoms with Crippen LogP contribution < -0.4 is 5.01 Å². The molecule has 1 fully saturated rings. The smallest absolute Gasteiger partial charge is 0.233 e. The van der Waals surface area contributed by atoms with Gasteiger partial charge in [0, 0.05) is 6.42 Å². The fourth-order valence-electron chi connectivity index (χ4n) is 4.89. The van der Waals surface area contributed by atoms with E-state index in [2.05, 4.69) is 118 Å². The Hall–Kier alpha value is -2.89. The zero-order chi connectivity index (χ0) is 24.7. The average Bonchev–Trinajstić information content (AvgIpc) is 3.45. The molecule has 1 saturated heterocycles. The van der Waals surface area contributed by atoms with Gasteiger partial charge in [0.1, 0.15) is 11.4 Å². The molecule has 3 aromatic carbocycles. The van der Waals surface area contributed by atoms with E-state index in [9.17, 15) is 0 Å². The summed E-state index contributed by atoms with van der Waals surface area (Å²) < 4.78 is 7.58. The quantitative estimate of drug-likeness (QED) is 0.347. The Labute approximate surface area is 211 Å². The molecule has 2 heterocycles. The maximum Gasteiger partial charge on any atom is 0.233 e. The Bertz CT molecular complexity index is 1130. The lowest BCUT2D eigenvalue weighted by Gasteiger charge is -2.50. The number of hydrogen-bond donors (Lipinski definition) is 0. The summed E-state index contributed by atoms with van der Waals surface area (Å²) >= 11 is 0. The molecule has 2 aliphatic heterocycles. The first-order valence-electron chi connectivity index (χ1n) is 12.5. The maximum atomic E-state index is 7.58. The van der Waals surface area contributed by atoms with Crippen molar-refractivity contribution >= 4 is 19.8 Å². The van der Waals surface area contributed by atoms with Crippen LogP contribution in [0.4, 0.5) is 5.69 Å². The van der Waals surface area contributed by atoms with E-state index in [1.54, 1.807) is 0 Å². The fourth-order valence-corrected chi connectivity index (χ4v) is 6.38.